The fourth-order valence-electron chi connectivity index (χ4n) is 3.97. The van der Waals surface area contributed by atoms with E-state index in [0.717, 1.165) is 34.4 Å². The van der Waals surface area contributed by atoms with Crippen LogP contribution in [0.3, 0.4) is 0 Å². The van der Waals surface area contributed by atoms with Gasteiger partial charge in [-0.1, -0.05) is 0 Å². The summed E-state index contributed by atoms with van der Waals surface area (Å²) in [6.45, 7) is -2.64. The van der Waals surface area contributed by atoms with Crippen LogP contribution in [0.4, 0.5) is 11.6 Å². The number of aldehydes is 4. The van der Waals surface area contributed by atoms with Crippen molar-refractivity contribution < 1.29 is 102 Å². The molecule has 0 aliphatic carbocycles. The van der Waals surface area contributed by atoms with E-state index in [1.54, 1.807) is 0 Å². The minimum Gasteiger partial charge on any atom is -0.382 e. The molecule has 1 radical (unpaired) electrons. The van der Waals surface area contributed by atoms with Gasteiger partial charge in [0.2, 0.25) is 0 Å². The van der Waals surface area contributed by atoms with Gasteiger partial charge in [0.1, 0.15) is 35.9 Å². The van der Waals surface area contributed by atoms with Crippen molar-refractivity contribution in [1.82, 2.24) is 39.0 Å². The molecule has 0 aromatic carbocycles. The van der Waals surface area contributed by atoms with E-state index >= 15 is 0 Å². The summed E-state index contributed by atoms with van der Waals surface area (Å²) in [5.74, 6) is -0.186. The number of nitrogens with two attached hydrogens (primary N) is 2. The average Bonchev–Trinajstić information content (AvgIpc) is 3.73. The number of nitrogen functional groups attached to an aromatic ring is 2. The third-order valence-electron chi connectivity index (χ3n) is 6.12. The Morgan fingerprint density at radius 1 is 0.552 bits per heavy atom. The van der Waals surface area contributed by atoms with E-state index in [1.807, 2.05) is 0 Å². The Kier molecular flexibility index (Phi) is 17.1. The number of aromatic nitrogens is 8. The van der Waals surface area contributed by atoms with Crippen LogP contribution < -0.4 is 11.5 Å². The number of phosphoric acid groups is 5. The van der Waals surface area contributed by atoms with Crippen molar-refractivity contribution in [3.63, 3.8) is 0 Å². The molecule has 4 aromatic heterocycles. The van der Waals surface area contributed by atoms with Gasteiger partial charge in [0.05, 0.1) is 25.9 Å². The maximum atomic E-state index is 12.3. The van der Waals surface area contributed by atoms with Crippen LogP contribution in [0.15, 0.2) is 25.3 Å². The molecule has 0 saturated heterocycles. The number of ether oxygens (including phenoxy) is 2. The molecule has 4 aromatic rings. The molecule has 58 heavy (non-hydrogen) atoms. The zero-order chi connectivity index (χ0) is 42.4. The minimum absolute atomic E-state index is 0. The first-order valence-electron chi connectivity index (χ1n) is 14.3. The van der Waals surface area contributed by atoms with E-state index in [2.05, 4.69) is 56.2 Å². The smallest absolute Gasteiger partial charge is 0.382 e. The SMILES string of the molecule is Nc1ncnc2c1ncn2C(C=O)OC(C=O)COP(=O)(O)OP(=O)(O)OP(=O)(O)OP(=O)(O)OP(=O)(O)OCC(C=O)OC(C=O)n1cnc2c(N)ncnc21.[Na]. The van der Waals surface area contributed by atoms with Gasteiger partial charge in [-0.05, 0) is 0 Å². The predicted molar refractivity (Wildman–Crippen MR) is 183 cm³/mol. The second-order valence-corrected chi connectivity index (χ2v) is 17.9. The fraction of sp³-hybridized carbons (Fsp3) is 0.300. The summed E-state index contributed by atoms with van der Waals surface area (Å²) >= 11 is 0. The number of phosphoric ester groups is 2. The summed E-state index contributed by atoms with van der Waals surface area (Å²) in [6, 6.07) is 0. The average molecular weight is 935 g/mol. The molecule has 313 valence electrons. The van der Waals surface area contributed by atoms with E-state index in [4.69, 9.17) is 20.9 Å². The van der Waals surface area contributed by atoms with Gasteiger partial charge in [0.15, 0.2) is 60.5 Å². The third kappa shape index (κ3) is 13.5. The van der Waals surface area contributed by atoms with E-state index in [9.17, 15) is 66.5 Å². The molecular formula is C20H25N10NaO22P5. The number of hydrogen-bond acceptors (Lipinski definition) is 25. The first-order chi connectivity index (χ1) is 26.5. The van der Waals surface area contributed by atoms with Crippen molar-refractivity contribution in [2.45, 2.75) is 24.7 Å². The summed E-state index contributed by atoms with van der Waals surface area (Å²) in [6.07, 6.45) is -3.08. The molecule has 0 bridgehead atoms. The number of imidazole rings is 2. The topological polar surface area (TPSA) is 468 Å². The van der Waals surface area contributed by atoms with Gasteiger partial charge in [-0.3, -0.25) is 27.8 Å². The quantitative estimate of drug-likeness (QED) is 0.0242. The van der Waals surface area contributed by atoms with Crippen LogP contribution in [0, 0.1) is 0 Å². The monoisotopic (exact) mass is 935 g/mol. The molecule has 8 unspecified atom stereocenters. The molecule has 8 atom stereocenters. The molecule has 4 heterocycles. The van der Waals surface area contributed by atoms with Crippen LogP contribution in [0.5, 0.6) is 0 Å². The van der Waals surface area contributed by atoms with E-state index in [1.165, 1.54) is 0 Å². The van der Waals surface area contributed by atoms with Crippen LogP contribution in [-0.2, 0) is 77.8 Å². The van der Waals surface area contributed by atoms with Gasteiger partial charge in [-0.2, -0.15) is 17.2 Å². The van der Waals surface area contributed by atoms with E-state index in [0.29, 0.717) is 0 Å². The fourth-order valence-corrected chi connectivity index (χ4v) is 10.4. The summed E-state index contributed by atoms with van der Waals surface area (Å²) in [5.41, 5.74) is 11.3. The van der Waals surface area contributed by atoms with Gasteiger partial charge in [-0.25, -0.2) is 52.7 Å². The summed E-state index contributed by atoms with van der Waals surface area (Å²) in [4.78, 5) is 118. The van der Waals surface area contributed by atoms with Gasteiger partial charge in [-0.15, -0.1) is 0 Å². The van der Waals surface area contributed by atoms with Gasteiger partial charge in [0, 0.05) is 29.6 Å². The van der Waals surface area contributed by atoms with Crippen LogP contribution in [0.2, 0.25) is 0 Å². The Morgan fingerprint density at radius 2 is 0.879 bits per heavy atom. The zero-order valence-electron chi connectivity index (χ0n) is 28.5. The summed E-state index contributed by atoms with van der Waals surface area (Å²) < 4.78 is 97.0. The Labute approximate surface area is 342 Å². The maximum absolute atomic E-state index is 12.3. The summed E-state index contributed by atoms with van der Waals surface area (Å²) in [7, 11) is -31.1. The van der Waals surface area contributed by atoms with Crippen molar-refractivity contribution in [1.29, 1.82) is 0 Å². The molecule has 0 fully saturated rings. The molecule has 9 N–H and O–H groups in total. The van der Waals surface area contributed by atoms with Crippen molar-refractivity contribution in [3.05, 3.63) is 25.3 Å². The van der Waals surface area contributed by atoms with Crippen molar-refractivity contribution >= 4 is 128 Å². The molecule has 32 nitrogen and oxygen atoms in total. The Morgan fingerprint density at radius 3 is 1.19 bits per heavy atom. The van der Waals surface area contributed by atoms with Crippen LogP contribution in [0.25, 0.3) is 22.3 Å². The Hall–Kier alpha value is -2.99. The van der Waals surface area contributed by atoms with Gasteiger partial charge >= 0.3 is 39.1 Å². The number of fused-ring (bicyclic) bond motifs is 2. The molecule has 38 heteroatoms. The minimum atomic E-state index is -6.49. The molecule has 0 spiro atoms. The van der Waals surface area contributed by atoms with E-state index in [-0.39, 0.29) is 88.7 Å². The number of nitrogens with zero attached hydrogens (tertiary/aromatic N) is 8. The normalized spacial score (nSPS) is 19.1. The molecule has 0 aliphatic heterocycles. The second kappa shape index (κ2) is 20.0. The van der Waals surface area contributed by atoms with Crippen molar-refractivity contribution in [3.8, 4) is 0 Å². The maximum Gasteiger partial charge on any atom is 0.490 e. The molecule has 0 saturated carbocycles. The number of carbonyl (C=O) groups excluding carboxylic acids is 4. The second-order valence-electron chi connectivity index (χ2n) is 10.1. The van der Waals surface area contributed by atoms with Crippen LogP contribution >= 0.6 is 39.1 Å². The number of anilines is 2. The largest absolute Gasteiger partial charge is 0.490 e. The molecular weight excluding hydrogens is 910 g/mol. The Balaban J connectivity index is 0.00000900. The van der Waals surface area contributed by atoms with Gasteiger partial charge in [0.25, 0.3) is 0 Å². The van der Waals surface area contributed by atoms with Crippen LogP contribution in [-0.4, -0.2) is 144 Å². The number of hydrogen-bond donors (Lipinski definition) is 7. The number of rotatable bonds is 24. The predicted octanol–water partition coefficient (Wildman–Crippen LogP) is -1.39. The third-order valence-corrected chi connectivity index (χ3v) is 13.7. The molecule has 0 aliphatic rings. The molecule has 0 amide bonds. The van der Waals surface area contributed by atoms with E-state index < -0.39 is 77.0 Å². The molecule has 4 rings (SSSR count). The standard InChI is InChI=1S/C20H25N10O22P5.Na/c21-17-15-19(25-7-23-17)29(9-27-15)13(3-33)47-11(1-31)5-45-53(35,36)49-55(39,40)51-57(43,44)52-56(41,42)50-54(37,38)46-6-12(2-32)48-14(4-34)30-10-28-16-18(22)24-8-26-20(16)30;/h1-4,7-14H,5-6H2,(H,35,36)(H,37,38)(H,39,40)(H,41,42)(H,43,44)(H2,21,23,25)(H2,22,24,26);. The van der Waals surface area contributed by atoms with Gasteiger partial charge < -0.3 is 55.0 Å². The Bertz CT molecular complexity index is 2230. The van der Waals surface area contributed by atoms with Crippen molar-refractivity contribution in [2.24, 2.45) is 0 Å². The number of carbonyl (C=O) groups is 4. The zero-order valence-corrected chi connectivity index (χ0v) is 35.0. The van der Waals surface area contributed by atoms with Crippen molar-refractivity contribution in [2.75, 3.05) is 24.7 Å². The first kappa shape index (κ1) is 49.4. The summed E-state index contributed by atoms with van der Waals surface area (Å²) in [5, 5.41) is 0. The van der Waals surface area contributed by atoms with Crippen LogP contribution in [0.1, 0.15) is 12.5 Å². The first-order valence-corrected chi connectivity index (χ1v) is 21.8.